The van der Waals surface area contributed by atoms with Gasteiger partial charge in [0.15, 0.2) is 0 Å². The Balaban J connectivity index is 1.92. The lowest BCUT2D eigenvalue weighted by molar-refractivity contribution is -0.137. The Morgan fingerprint density at radius 1 is 1.09 bits per heavy atom. The van der Waals surface area contributed by atoms with E-state index in [9.17, 15) is 4.79 Å². The molecule has 0 heterocycles. The zero-order chi connectivity index (χ0) is 16.7. The number of carbonyl (C=O) groups is 1. The summed E-state index contributed by atoms with van der Waals surface area (Å²) in [4.78, 5) is 11.2. The zero-order valence-electron chi connectivity index (χ0n) is 12.6. The summed E-state index contributed by atoms with van der Waals surface area (Å²) in [5, 5.41) is 1.03. The van der Waals surface area contributed by atoms with Crippen LogP contribution in [0.15, 0.2) is 48.5 Å². The van der Waals surface area contributed by atoms with Gasteiger partial charge in [-0.2, -0.15) is 0 Å². The molecule has 0 radical (unpaired) electrons. The van der Waals surface area contributed by atoms with Crippen molar-refractivity contribution in [1.82, 2.24) is 0 Å². The van der Waals surface area contributed by atoms with Gasteiger partial charge in [0.25, 0.3) is 0 Å². The lowest BCUT2D eigenvalue weighted by atomic mass is 10.2. The van der Waals surface area contributed by atoms with E-state index in [2.05, 4.69) is 0 Å². The minimum Gasteiger partial charge on any atom is -0.489 e. The minimum atomic E-state index is -0.354. The average Bonchev–Trinajstić information content (AvgIpc) is 2.55. The van der Waals surface area contributed by atoms with E-state index in [-0.39, 0.29) is 5.97 Å². The number of hydrogen-bond donors (Lipinski definition) is 0. The van der Waals surface area contributed by atoms with Gasteiger partial charge in [-0.15, -0.1) is 0 Å². The zero-order valence-corrected chi connectivity index (χ0v) is 14.1. The first-order chi connectivity index (χ1) is 11.1. The fraction of sp³-hybridized carbons (Fsp3) is 0.167. The second-order valence-corrected chi connectivity index (χ2v) is 5.51. The van der Waals surface area contributed by atoms with E-state index in [4.69, 9.17) is 32.7 Å². The second-order valence-electron chi connectivity index (χ2n) is 4.69. The van der Waals surface area contributed by atoms with Crippen molar-refractivity contribution >= 4 is 35.2 Å². The molecule has 0 amide bonds. The van der Waals surface area contributed by atoms with Gasteiger partial charge in [-0.05, 0) is 48.4 Å². The third-order valence-electron chi connectivity index (χ3n) is 2.97. The number of halogens is 2. The highest BCUT2D eigenvalue weighted by atomic mass is 35.5. The number of benzene rings is 2. The first-order valence-corrected chi connectivity index (χ1v) is 7.85. The second kappa shape index (κ2) is 8.61. The molecule has 0 aliphatic rings. The molecule has 3 nitrogen and oxygen atoms in total. The molecule has 2 aromatic rings. The predicted molar refractivity (Wildman–Crippen MR) is 92.9 cm³/mol. The molecule has 0 atom stereocenters. The van der Waals surface area contributed by atoms with E-state index in [0.717, 1.165) is 16.9 Å². The minimum absolute atomic E-state index is 0.354. The van der Waals surface area contributed by atoms with Gasteiger partial charge in [0.1, 0.15) is 12.4 Å². The van der Waals surface area contributed by atoms with Crippen molar-refractivity contribution in [3.8, 4) is 5.75 Å². The summed E-state index contributed by atoms with van der Waals surface area (Å²) in [7, 11) is 0. The molecule has 0 saturated carbocycles. The molecule has 23 heavy (non-hydrogen) atoms. The molecule has 0 saturated heterocycles. The number of hydrogen-bond acceptors (Lipinski definition) is 3. The number of rotatable bonds is 6. The van der Waals surface area contributed by atoms with E-state index < -0.39 is 0 Å². The molecule has 0 spiro atoms. The van der Waals surface area contributed by atoms with Gasteiger partial charge in [-0.1, -0.05) is 41.4 Å². The molecule has 120 valence electrons. The summed E-state index contributed by atoms with van der Waals surface area (Å²) in [5.74, 6) is 0.372. The van der Waals surface area contributed by atoms with Crippen LogP contribution in [0.25, 0.3) is 6.08 Å². The molecule has 5 heteroatoms. The van der Waals surface area contributed by atoms with Crippen LogP contribution in [-0.2, 0) is 16.1 Å². The topological polar surface area (TPSA) is 35.5 Å². The maximum Gasteiger partial charge on any atom is 0.330 e. The summed E-state index contributed by atoms with van der Waals surface area (Å²) < 4.78 is 10.5. The van der Waals surface area contributed by atoms with Gasteiger partial charge in [0.2, 0.25) is 0 Å². The van der Waals surface area contributed by atoms with Gasteiger partial charge in [0, 0.05) is 6.08 Å². The molecule has 0 N–H and O–H groups in total. The van der Waals surface area contributed by atoms with Gasteiger partial charge < -0.3 is 9.47 Å². The average molecular weight is 351 g/mol. The van der Waals surface area contributed by atoms with Crippen molar-refractivity contribution in [2.45, 2.75) is 13.5 Å². The Morgan fingerprint density at radius 3 is 2.48 bits per heavy atom. The van der Waals surface area contributed by atoms with Gasteiger partial charge >= 0.3 is 5.97 Å². The van der Waals surface area contributed by atoms with E-state index in [1.54, 1.807) is 25.1 Å². The Kier molecular flexibility index (Phi) is 6.51. The first-order valence-electron chi connectivity index (χ1n) is 7.10. The van der Waals surface area contributed by atoms with Crippen LogP contribution in [0.5, 0.6) is 5.75 Å². The smallest absolute Gasteiger partial charge is 0.330 e. The fourth-order valence-corrected chi connectivity index (χ4v) is 2.15. The molecule has 2 aromatic carbocycles. The van der Waals surface area contributed by atoms with Gasteiger partial charge in [-0.25, -0.2) is 4.79 Å². The van der Waals surface area contributed by atoms with Crippen LogP contribution in [0.4, 0.5) is 0 Å². The third kappa shape index (κ3) is 5.62. The number of ether oxygens (including phenoxy) is 2. The molecular weight excluding hydrogens is 335 g/mol. The Labute approximate surface area is 145 Å². The summed E-state index contributed by atoms with van der Waals surface area (Å²) in [6, 6.07) is 12.8. The van der Waals surface area contributed by atoms with E-state index >= 15 is 0 Å². The molecule has 0 bridgehead atoms. The standard InChI is InChI=1S/C18H16Cl2O3/c1-2-22-18(21)10-6-13-3-7-15(8-4-13)23-12-14-5-9-16(19)17(20)11-14/h3-11H,2,12H2,1H3/b10-6+. The van der Waals surface area contributed by atoms with Crippen molar-refractivity contribution in [3.63, 3.8) is 0 Å². The van der Waals surface area contributed by atoms with Crippen molar-refractivity contribution < 1.29 is 14.3 Å². The van der Waals surface area contributed by atoms with Crippen LogP contribution >= 0.6 is 23.2 Å². The molecule has 0 aliphatic heterocycles. The van der Waals surface area contributed by atoms with Crippen LogP contribution in [0.1, 0.15) is 18.1 Å². The SMILES string of the molecule is CCOC(=O)/C=C/c1ccc(OCc2ccc(Cl)c(Cl)c2)cc1. The van der Waals surface area contributed by atoms with Crippen LogP contribution < -0.4 is 4.74 Å². The predicted octanol–water partition coefficient (Wildman–Crippen LogP) is 5.15. The Bertz CT molecular complexity index is 694. The molecule has 0 aliphatic carbocycles. The van der Waals surface area contributed by atoms with E-state index in [1.165, 1.54) is 6.08 Å². The fourth-order valence-electron chi connectivity index (χ4n) is 1.83. The summed E-state index contributed by atoms with van der Waals surface area (Å²) in [6.07, 6.45) is 3.09. The van der Waals surface area contributed by atoms with Crippen LogP contribution in [-0.4, -0.2) is 12.6 Å². The summed E-state index contributed by atoms with van der Waals surface area (Å²) in [6.45, 7) is 2.53. The maximum atomic E-state index is 11.2. The quantitative estimate of drug-likeness (QED) is 0.533. The van der Waals surface area contributed by atoms with E-state index in [0.29, 0.717) is 23.3 Å². The monoisotopic (exact) mass is 350 g/mol. The summed E-state index contributed by atoms with van der Waals surface area (Å²) in [5.41, 5.74) is 1.82. The highest BCUT2D eigenvalue weighted by Crippen LogP contribution is 2.23. The van der Waals surface area contributed by atoms with Crippen molar-refractivity contribution in [1.29, 1.82) is 0 Å². The van der Waals surface area contributed by atoms with Crippen molar-refractivity contribution in [3.05, 3.63) is 69.7 Å². The van der Waals surface area contributed by atoms with Gasteiger partial charge in [-0.3, -0.25) is 0 Å². The van der Waals surface area contributed by atoms with Crippen LogP contribution in [0.3, 0.4) is 0 Å². The third-order valence-corrected chi connectivity index (χ3v) is 3.71. The highest BCUT2D eigenvalue weighted by Gasteiger charge is 2.01. The Morgan fingerprint density at radius 2 is 1.83 bits per heavy atom. The first kappa shape index (κ1) is 17.4. The molecule has 0 aromatic heterocycles. The molecule has 0 fully saturated rings. The number of esters is 1. The van der Waals surface area contributed by atoms with Crippen LogP contribution in [0, 0.1) is 0 Å². The lowest BCUT2D eigenvalue weighted by Gasteiger charge is -2.07. The van der Waals surface area contributed by atoms with Gasteiger partial charge in [0.05, 0.1) is 16.7 Å². The van der Waals surface area contributed by atoms with Crippen molar-refractivity contribution in [2.75, 3.05) is 6.61 Å². The molecule has 2 rings (SSSR count). The molecular formula is C18H16Cl2O3. The normalized spacial score (nSPS) is 10.7. The summed E-state index contributed by atoms with van der Waals surface area (Å²) >= 11 is 11.8. The van der Waals surface area contributed by atoms with Crippen LogP contribution in [0.2, 0.25) is 10.0 Å². The highest BCUT2D eigenvalue weighted by molar-refractivity contribution is 6.42. The molecule has 0 unspecified atom stereocenters. The van der Waals surface area contributed by atoms with E-state index in [1.807, 2.05) is 30.3 Å². The largest absolute Gasteiger partial charge is 0.489 e. The Hall–Kier alpha value is -1.97. The lowest BCUT2D eigenvalue weighted by Crippen LogP contribution is -1.98. The van der Waals surface area contributed by atoms with Crippen molar-refractivity contribution in [2.24, 2.45) is 0 Å². The number of carbonyl (C=O) groups excluding carboxylic acids is 1. The maximum absolute atomic E-state index is 11.2.